The van der Waals surface area contributed by atoms with E-state index in [2.05, 4.69) is 29.6 Å². The molecule has 0 bridgehead atoms. The standard InChI is InChI=1S/C12H13NOS2/c14-11-12(15-6-7-16-12)10(8-13-11)9-4-2-1-3-5-9/h1-5,10H,6-8H2,(H,13,14)/t10-/m0/s1. The highest BCUT2D eigenvalue weighted by Crippen LogP contribution is 2.54. The lowest BCUT2D eigenvalue weighted by molar-refractivity contribution is -0.119. The van der Waals surface area contributed by atoms with E-state index in [1.165, 1.54) is 5.56 Å². The lowest BCUT2D eigenvalue weighted by Gasteiger charge is -2.26. The summed E-state index contributed by atoms with van der Waals surface area (Å²) in [6, 6.07) is 10.4. The lowest BCUT2D eigenvalue weighted by atomic mass is 9.97. The van der Waals surface area contributed by atoms with Gasteiger partial charge in [-0.2, -0.15) is 0 Å². The molecule has 0 unspecified atom stereocenters. The lowest BCUT2D eigenvalue weighted by Crippen LogP contribution is -2.32. The number of benzene rings is 1. The Morgan fingerprint density at radius 2 is 1.88 bits per heavy atom. The molecule has 4 heteroatoms. The highest BCUT2D eigenvalue weighted by Gasteiger charge is 2.54. The number of amides is 1. The minimum absolute atomic E-state index is 0.217. The van der Waals surface area contributed by atoms with Gasteiger partial charge in [0, 0.05) is 24.0 Å². The molecule has 1 N–H and O–H groups in total. The van der Waals surface area contributed by atoms with E-state index < -0.39 is 0 Å². The Kier molecular flexibility index (Phi) is 2.64. The van der Waals surface area contributed by atoms with Gasteiger partial charge in [-0.05, 0) is 5.56 Å². The second-order valence-corrected chi connectivity index (χ2v) is 6.98. The minimum atomic E-state index is -0.249. The Bertz CT molecular complexity index is 401. The summed E-state index contributed by atoms with van der Waals surface area (Å²) < 4.78 is -0.249. The van der Waals surface area contributed by atoms with Gasteiger partial charge in [-0.3, -0.25) is 4.79 Å². The average molecular weight is 251 g/mol. The molecule has 2 fully saturated rings. The van der Waals surface area contributed by atoms with Crippen molar-refractivity contribution in [1.82, 2.24) is 5.32 Å². The highest BCUT2D eigenvalue weighted by atomic mass is 32.2. The topological polar surface area (TPSA) is 29.1 Å². The number of hydrogen-bond donors (Lipinski definition) is 1. The maximum absolute atomic E-state index is 12.0. The van der Waals surface area contributed by atoms with E-state index in [0.29, 0.717) is 5.92 Å². The molecule has 3 rings (SSSR count). The molecule has 1 amide bonds. The molecule has 16 heavy (non-hydrogen) atoms. The molecule has 84 valence electrons. The van der Waals surface area contributed by atoms with Gasteiger partial charge in [0.25, 0.3) is 0 Å². The summed E-state index contributed by atoms with van der Waals surface area (Å²) in [5.41, 5.74) is 1.28. The summed E-state index contributed by atoms with van der Waals surface area (Å²) >= 11 is 3.63. The molecule has 2 nitrogen and oxygen atoms in total. The van der Waals surface area contributed by atoms with Crippen LogP contribution in [0.25, 0.3) is 0 Å². The Labute approximate surface area is 104 Å². The van der Waals surface area contributed by atoms with Gasteiger partial charge in [0.1, 0.15) is 4.08 Å². The van der Waals surface area contributed by atoms with Crippen LogP contribution in [0.4, 0.5) is 0 Å². The first-order valence-electron chi connectivity index (χ1n) is 5.44. The number of carbonyl (C=O) groups is 1. The maximum atomic E-state index is 12.0. The Morgan fingerprint density at radius 1 is 1.19 bits per heavy atom. The van der Waals surface area contributed by atoms with Crippen molar-refractivity contribution in [3.8, 4) is 0 Å². The third-order valence-electron chi connectivity index (χ3n) is 3.16. The summed E-state index contributed by atoms with van der Waals surface area (Å²) in [5.74, 6) is 2.70. The Hall–Kier alpha value is -0.610. The van der Waals surface area contributed by atoms with E-state index in [-0.39, 0.29) is 9.99 Å². The second kappa shape index (κ2) is 4.00. The first-order chi connectivity index (χ1) is 7.83. The zero-order valence-electron chi connectivity index (χ0n) is 8.81. The van der Waals surface area contributed by atoms with E-state index >= 15 is 0 Å². The van der Waals surface area contributed by atoms with Crippen molar-refractivity contribution in [2.45, 2.75) is 10.00 Å². The minimum Gasteiger partial charge on any atom is -0.353 e. The van der Waals surface area contributed by atoms with Crippen LogP contribution in [-0.4, -0.2) is 28.0 Å². The van der Waals surface area contributed by atoms with Crippen molar-refractivity contribution in [3.05, 3.63) is 35.9 Å². The van der Waals surface area contributed by atoms with Crippen LogP contribution in [0.15, 0.2) is 30.3 Å². The summed E-state index contributed by atoms with van der Waals surface area (Å²) in [4.78, 5) is 12.0. The first-order valence-corrected chi connectivity index (χ1v) is 7.41. The molecule has 2 aliphatic heterocycles. The van der Waals surface area contributed by atoms with Crippen LogP contribution in [-0.2, 0) is 4.79 Å². The summed E-state index contributed by atoms with van der Waals surface area (Å²) in [6.07, 6.45) is 0. The highest BCUT2D eigenvalue weighted by molar-refractivity contribution is 8.22. The third kappa shape index (κ3) is 1.47. The van der Waals surface area contributed by atoms with Gasteiger partial charge >= 0.3 is 0 Å². The molecule has 2 saturated heterocycles. The zero-order chi connectivity index (χ0) is 11.0. The van der Waals surface area contributed by atoms with E-state index in [9.17, 15) is 4.79 Å². The quantitative estimate of drug-likeness (QED) is 0.828. The smallest absolute Gasteiger partial charge is 0.247 e. The molecule has 0 saturated carbocycles. The van der Waals surface area contributed by atoms with Crippen molar-refractivity contribution in [2.75, 3.05) is 18.1 Å². The fourth-order valence-electron chi connectivity index (χ4n) is 2.39. The molecule has 1 spiro atoms. The van der Waals surface area contributed by atoms with Crippen molar-refractivity contribution in [3.63, 3.8) is 0 Å². The zero-order valence-corrected chi connectivity index (χ0v) is 10.4. The number of hydrogen-bond acceptors (Lipinski definition) is 3. The Balaban J connectivity index is 1.99. The Morgan fingerprint density at radius 3 is 2.56 bits per heavy atom. The van der Waals surface area contributed by atoms with Gasteiger partial charge in [0.2, 0.25) is 5.91 Å². The average Bonchev–Trinajstić information content (AvgIpc) is 2.92. The van der Waals surface area contributed by atoms with Gasteiger partial charge in [0.05, 0.1) is 0 Å². The van der Waals surface area contributed by atoms with Crippen molar-refractivity contribution in [1.29, 1.82) is 0 Å². The third-order valence-corrected chi connectivity index (χ3v) is 6.74. The summed E-state index contributed by atoms with van der Waals surface area (Å²) in [6.45, 7) is 0.781. The molecule has 0 aromatic heterocycles. The van der Waals surface area contributed by atoms with Crippen LogP contribution in [0.1, 0.15) is 11.5 Å². The largest absolute Gasteiger partial charge is 0.353 e. The number of thioether (sulfide) groups is 2. The molecule has 1 aromatic carbocycles. The second-order valence-electron chi connectivity index (χ2n) is 4.04. The van der Waals surface area contributed by atoms with Crippen LogP contribution in [0.5, 0.6) is 0 Å². The molecule has 1 atom stereocenters. The molecule has 0 aliphatic carbocycles. The van der Waals surface area contributed by atoms with E-state index in [1.54, 1.807) is 0 Å². The van der Waals surface area contributed by atoms with Crippen LogP contribution < -0.4 is 5.32 Å². The fourth-order valence-corrected chi connectivity index (χ4v) is 5.75. The normalized spacial score (nSPS) is 27.2. The van der Waals surface area contributed by atoms with Crippen LogP contribution in [0.3, 0.4) is 0 Å². The van der Waals surface area contributed by atoms with Crippen molar-refractivity contribution >= 4 is 29.4 Å². The van der Waals surface area contributed by atoms with E-state index in [4.69, 9.17) is 0 Å². The van der Waals surface area contributed by atoms with Gasteiger partial charge in [-0.1, -0.05) is 30.3 Å². The molecule has 1 aromatic rings. The van der Waals surface area contributed by atoms with Crippen LogP contribution in [0, 0.1) is 0 Å². The van der Waals surface area contributed by atoms with Crippen LogP contribution in [0.2, 0.25) is 0 Å². The fraction of sp³-hybridized carbons (Fsp3) is 0.417. The number of nitrogens with one attached hydrogen (secondary N) is 1. The van der Waals surface area contributed by atoms with Gasteiger partial charge in [-0.25, -0.2) is 0 Å². The van der Waals surface area contributed by atoms with Crippen molar-refractivity contribution in [2.24, 2.45) is 0 Å². The van der Waals surface area contributed by atoms with E-state index in [0.717, 1.165) is 18.1 Å². The van der Waals surface area contributed by atoms with Crippen molar-refractivity contribution < 1.29 is 4.79 Å². The van der Waals surface area contributed by atoms with Gasteiger partial charge in [0.15, 0.2) is 0 Å². The SMILES string of the molecule is O=C1NC[C@@H](c2ccccc2)C12SCCS2. The molecular formula is C12H13NOS2. The predicted octanol–water partition coefficient (Wildman–Crippen LogP) is 2.08. The molecule has 2 aliphatic rings. The van der Waals surface area contributed by atoms with Gasteiger partial charge < -0.3 is 5.32 Å². The molecule has 2 heterocycles. The maximum Gasteiger partial charge on any atom is 0.247 e. The van der Waals surface area contributed by atoms with Gasteiger partial charge in [-0.15, -0.1) is 23.5 Å². The predicted molar refractivity (Wildman–Crippen MR) is 69.8 cm³/mol. The summed E-state index contributed by atoms with van der Waals surface area (Å²) in [5, 5.41) is 3.02. The molecule has 0 radical (unpaired) electrons. The first kappa shape index (κ1) is 10.5. The van der Waals surface area contributed by atoms with E-state index in [1.807, 2.05) is 29.6 Å². The summed E-state index contributed by atoms with van der Waals surface area (Å²) in [7, 11) is 0. The number of rotatable bonds is 1. The van der Waals surface area contributed by atoms with Crippen LogP contribution >= 0.6 is 23.5 Å². The number of carbonyl (C=O) groups excluding carboxylic acids is 1. The molecular weight excluding hydrogens is 238 g/mol. The monoisotopic (exact) mass is 251 g/mol.